The number of para-hydroxylation sites is 2. The van der Waals surface area contributed by atoms with Crippen molar-refractivity contribution in [2.75, 3.05) is 11.7 Å². The summed E-state index contributed by atoms with van der Waals surface area (Å²) in [6.07, 6.45) is 1.88. The molecule has 5 rings (SSSR count). The van der Waals surface area contributed by atoms with Crippen LogP contribution in [0.1, 0.15) is 16.7 Å². The highest BCUT2D eigenvalue weighted by molar-refractivity contribution is 8.19. The predicted molar refractivity (Wildman–Crippen MR) is 125 cm³/mol. The summed E-state index contributed by atoms with van der Waals surface area (Å²) in [6.45, 7) is 4.23. The van der Waals surface area contributed by atoms with Crippen molar-refractivity contribution in [3.05, 3.63) is 88.3 Å². The second kappa shape index (κ2) is 7.96. The van der Waals surface area contributed by atoms with Crippen LogP contribution in [-0.4, -0.2) is 17.9 Å². The van der Waals surface area contributed by atoms with E-state index < -0.39 is 0 Å². The molecule has 0 aromatic heterocycles. The number of hydrogen-bond donors (Lipinski definition) is 0. The number of anilines is 1. The Labute approximate surface area is 185 Å². The number of amidine groups is 1. The molecule has 2 heterocycles. The smallest absolute Gasteiger partial charge is 0.271 e. The molecule has 0 atom stereocenters. The third kappa shape index (κ3) is 3.70. The summed E-state index contributed by atoms with van der Waals surface area (Å²) in [5, 5.41) is 0.639. The number of amides is 1. The quantitative estimate of drug-likeness (QED) is 0.492. The maximum Gasteiger partial charge on any atom is 0.271 e. The molecule has 0 radical (unpaired) electrons. The van der Waals surface area contributed by atoms with E-state index >= 15 is 0 Å². The molecule has 0 N–H and O–H groups in total. The summed E-state index contributed by atoms with van der Waals surface area (Å²) in [7, 11) is 0. The highest BCUT2D eigenvalue weighted by Gasteiger charge is 2.35. The highest BCUT2D eigenvalue weighted by Crippen LogP contribution is 2.40. The lowest BCUT2D eigenvalue weighted by atomic mass is 10.1. The zero-order chi connectivity index (χ0) is 21.4. The van der Waals surface area contributed by atoms with E-state index in [1.54, 1.807) is 4.90 Å². The normalized spacial score (nSPS) is 17.7. The van der Waals surface area contributed by atoms with Crippen LogP contribution in [-0.2, 0) is 4.79 Å². The van der Waals surface area contributed by atoms with Gasteiger partial charge in [0.15, 0.2) is 16.7 Å². The van der Waals surface area contributed by atoms with Gasteiger partial charge in [0.25, 0.3) is 5.91 Å². The first kappa shape index (κ1) is 19.5. The number of carbonyl (C=O) groups is 1. The van der Waals surface area contributed by atoms with Gasteiger partial charge in [-0.15, -0.1) is 0 Å². The van der Waals surface area contributed by atoms with E-state index in [1.165, 1.54) is 11.8 Å². The molecule has 154 valence electrons. The molecular formula is C25H20N2O3S. The molecule has 0 saturated carbocycles. The molecule has 5 nitrogen and oxygen atoms in total. The van der Waals surface area contributed by atoms with Gasteiger partial charge in [-0.3, -0.25) is 9.69 Å². The molecule has 3 aromatic carbocycles. The zero-order valence-corrected chi connectivity index (χ0v) is 18.0. The highest BCUT2D eigenvalue weighted by atomic mass is 32.2. The van der Waals surface area contributed by atoms with Crippen molar-refractivity contribution >= 4 is 40.3 Å². The minimum absolute atomic E-state index is 0.0932. The van der Waals surface area contributed by atoms with Crippen molar-refractivity contribution < 1.29 is 14.3 Å². The molecule has 0 bridgehead atoms. The van der Waals surface area contributed by atoms with E-state index in [0.29, 0.717) is 15.8 Å². The molecule has 1 fully saturated rings. The Morgan fingerprint density at radius 3 is 2.48 bits per heavy atom. The van der Waals surface area contributed by atoms with Crippen LogP contribution in [0, 0.1) is 13.8 Å². The number of carbonyl (C=O) groups excluding carboxylic acids is 1. The van der Waals surface area contributed by atoms with Gasteiger partial charge in [0.2, 0.25) is 6.79 Å². The monoisotopic (exact) mass is 428 g/mol. The topological polar surface area (TPSA) is 51.1 Å². The Hall–Kier alpha value is -3.51. The van der Waals surface area contributed by atoms with Gasteiger partial charge >= 0.3 is 0 Å². The summed E-state index contributed by atoms with van der Waals surface area (Å²) < 4.78 is 10.9. The SMILES string of the molecule is Cc1ccccc1N=C1S/C(=C\c2ccc3c(c2)OCO3)C(=O)N1c1ccccc1C. The van der Waals surface area contributed by atoms with Crippen LogP contribution >= 0.6 is 11.8 Å². The maximum atomic E-state index is 13.5. The number of aryl methyl sites for hydroxylation is 2. The van der Waals surface area contributed by atoms with E-state index in [9.17, 15) is 4.79 Å². The van der Waals surface area contributed by atoms with Gasteiger partial charge in [0.1, 0.15) is 0 Å². The van der Waals surface area contributed by atoms with Crippen LogP contribution in [0.5, 0.6) is 11.5 Å². The van der Waals surface area contributed by atoms with E-state index in [0.717, 1.165) is 33.8 Å². The molecule has 0 aliphatic carbocycles. The van der Waals surface area contributed by atoms with Gasteiger partial charge in [0.05, 0.1) is 16.3 Å². The van der Waals surface area contributed by atoms with Crippen LogP contribution in [0.15, 0.2) is 76.6 Å². The standard InChI is InChI=1S/C25H20N2O3S/c1-16-7-3-5-9-19(16)26-25-27(20-10-6-4-8-17(20)2)24(28)23(31-25)14-18-11-12-21-22(13-18)30-15-29-21/h3-14H,15H2,1-2H3/b23-14-,26-25?. The van der Waals surface area contributed by atoms with Crippen LogP contribution in [0.2, 0.25) is 0 Å². The number of rotatable bonds is 3. The summed E-state index contributed by atoms with van der Waals surface area (Å²) in [6, 6.07) is 21.4. The maximum absolute atomic E-state index is 13.5. The average Bonchev–Trinajstić information content (AvgIpc) is 3.35. The van der Waals surface area contributed by atoms with Gasteiger partial charge in [-0.25, -0.2) is 4.99 Å². The number of aliphatic imine (C=N–C) groups is 1. The van der Waals surface area contributed by atoms with Crippen LogP contribution in [0.25, 0.3) is 6.08 Å². The average molecular weight is 429 g/mol. The Kier molecular flexibility index (Phi) is 5.00. The zero-order valence-electron chi connectivity index (χ0n) is 17.2. The molecule has 31 heavy (non-hydrogen) atoms. The van der Waals surface area contributed by atoms with E-state index in [-0.39, 0.29) is 12.7 Å². The number of ether oxygens (including phenoxy) is 2. The number of hydrogen-bond acceptors (Lipinski definition) is 5. The summed E-state index contributed by atoms with van der Waals surface area (Å²) in [4.78, 5) is 20.6. The first-order chi connectivity index (χ1) is 15.1. The molecule has 2 aliphatic heterocycles. The molecule has 0 unspecified atom stereocenters. The number of nitrogens with zero attached hydrogens (tertiary/aromatic N) is 2. The molecule has 6 heteroatoms. The van der Waals surface area contributed by atoms with Gasteiger partial charge in [0, 0.05) is 0 Å². The van der Waals surface area contributed by atoms with Crippen molar-refractivity contribution in [2.24, 2.45) is 4.99 Å². The van der Waals surface area contributed by atoms with Gasteiger partial charge in [-0.2, -0.15) is 0 Å². The largest absolute Gasteiger partial charge is 0.454 e. The van der Waals surface area contributed by atoms with Crippen molar-refractivity contribution in [1.29, 1.82) is 0 Å². The Balaban J connectivity index is 1.59. The molecule has 1 saturated heterocycles. The van der Waals surface area contributed by atoms with Gasteiger partial charge in [-0.1, -0.05) is 42.5 Å². The number of fused-ring (bicyclic) bond motifs is 1. The second-order valence-corrected chi connectivity index (χ2v) is 8.34. The third-order valence-electron chi connectivity index (χ3n) is 5.19. The lowest BCUT2D eigenvalue weighted by Gasteiger charge is -2.18. The summed E-state index contributed by atoms with van der Waals surface area (Å²) in [5.74, 6) is 1.31. The molecule has 1 amide bonds. The van der Waals surface area contributed by atoms with Crippen molar-refractivity contribution in [1.82, 2.24) is 0 Å². The van der Waals surface area contributed by atoms with Crippen LogP contribution in [0.4, 0.5) is 11.4 Å². The van der Waals surface area contributed by atoms with Crippen LogP contribution in [0.3, 0.4) is 0 Å². The Morgan fingerprint density at radius 2 is 1.68 bits per heavy atom. The summed E-state index contributed by atoms with van der Waals surface area (Å²) >= 11 is 1.38. The third-order valence-corrected chi connectivity index (χ3v) is 6.16. The van der Waals surface area contributed by atoms with E-state index in [1.807, 2.05) is 86.7 Å². The minimum atomic E-state index is -0.0932. The van der Waals surface area contributed by atoms with Crippen LogP contribution < -0.4 is 14.4 Å². The van der Waals surface area contributed by atoms with E-state index in [4.69, 9.17) is 14.5 Å². The second-order valence-electron chi connectivity index (χ2n) is 7.33. The lowest BCUT2D eigenvalue weighted by molar-refractivity contribution is -0.113. The lowest BCUT2D eigenvalue weighted by Crippen LogP contribution is -2.29. The predicted octanol–water partition coefficient (Wildman–Crippen LogP) is 5.84. The van der Waals surface area contributed by atoms with Crippen molar-refractivity contribution in [2.45, 2.75) is 13.8 Å². The fourth-order valence-electron chi connectivity index (χ4n) is 3.52. The molecule has 2 aliphatic rings. The fourth-order valence-corrected chi connectivity index (χ4v) is 4.51. The molecule has 0 spiro atoms. The Bertz CT molecular complexity index is 1250. The first-order valence-corrected chi connectivity index (χ1v) is 10.8. The number of thioether (sulfide) groups is 1. The first-order valence-electron chi connectivity index (χ1n) is 9.94. The van der Waals surface area contributed by atoms with Gasteiger partial charge in [-0.05, 0) is 72.6 Å². The van der Waals surface area contributed by atoms with Crippen molar-refractivity contribution in [3.8, 4) is 11.5 Å². The summed E-state index contributed by atoms with van der Waals surface area (Å²) in [5.41, 5.74) is 4.63. The number of benzene rings is 3. The Morgan fingerprint density at radius 1 is 0.935 bits per heavy atom. The minimum Gasteiger partial charge on any atom is -0.454 e. The molecular weight excluding hydrogens is 408 g/mol. The van der Waals surface area contributed by atoms with Crippen molar-refractivity contribution in [3.63, 3.8) is 0 Å². The fraction of sp³-hybridized carbons (Fsp3) is 0.120. The van der Waals surface area contributed by atoms with Gasteiger partial charge < -0.3 is 9.47 Å². The van der Waals surface area contributed by atoms with E-state index in [2.05, 4.69) is 0 Å². The molecule has 3 aromatic rings.